The first kappa shape index (κ1) is 27.9. The van der Waals surface area contributed by atoms with Crippen molar-refractivity contribution in [3.63, 3.8) is 0 Å². The van der Waals surface area contributed by atoms with Gasteiger partial charge in [-0.3, -0.25) is 18.6 Å². The van der Waals surface area contributed by atoms with Crippen LogP contribution in [0.1, 0.15) is 19.3 Å². The number of unbranched alkanes of at least 4 members (excludes halogenated alkanes) is 1. The summed E-state index contributed by atoms with van der Waals surface area (Å²) in [6.45, 7) is 0.395. The van der Waals surface area contributed by atoms with Crippen LogP contribution in [0, 0.1) is 0 Å². The zero-order valence-corrected chi connectivity index (χ0v) is 22.5. The highest BCUT2D eigenvalue weighted by Gasteiger charge is 2.29. The van der Waals surface area contributed by atoms with Gasteiger partial charge >= 0.3 is 5.97 Å². The third-order valence-corrected chi connectivity index (χ3v) is 7.62. The van der Waals surface area contributed by atoms with E-state index in [1.54, 1.807) is 36.7 Å². The summed E-state index contributed by atoms with van der Waals surface area (Å²) >= 11 is 2.28. The SMILES string of the molecule is O=C(CSc1ccncc1)NCCCCC(C(=O)O)N(c1ccc(-c2ccc(Br)cc2)cc1)S(=O)O. The first-order valence-corrected chi connectivity index (χ1v) is 14.0. The van der Waals surface area contributed by atoms with Gasteiger partial charge in [-0.05, 0) is 66.8 Å². The Morgan fingerprint density at radius 2 is 1.61 bits per heavy atom. The maximum atomic E-state index is 12.1. The predicted octanol–water partition coefficient (Wildman–Crippen LogP) is 4.99. The molecule has 190 valence electrons. The molecule has 0 aliphatic carbocycles. The number of carbonyl (C=O) groups is 2. The number of aliphatic carboxylic acids is 1. The fourth-order valence-corrected chi connectivity index (χ4v) is 5.18. The second-order valence-electron chi connectivity index (χ2n) is 7.78. The Balaban J connectivity index is 1.53. The summed E-state index contributed by atoms with van der Waals surface area (Å²) in [5.74, 6) is -1.03. The van der Waals surface area contributed by atoms with Crippen LogP contribution in [-0.4, -0.2) is 49.1 Å². The topological polar surface area (TPSA) is 120 Å². The van der Waals surface area contributed by atoms with Crippen molar-refractivity contribution >= 4 is 56.5 Å². The Hall–Kier alpha value is -2.73. The van der Waals surface area contributed by atoms with Crippen molar-refractivity contribution < 1.29 is 23.5 Å². The summed E-state index contributed by atoms with van der Waals surface area (Å²) in [6.07, 6.45) is 4.48. The Morgan fingerprint density at radius 1 is 1.00 bits per heavy atom. The van der Waals surface area contributed by atoms with Gasteiger partial charge in [-0.2, -0.15) is 0 Å². The minimum atomic E-state index is -2.53. The number of benzene rings is 2. The fraction of sp³-hybridized carbons (Fsp3) is 0.240. The zero-order chi connectivity index (χ0) is 25.9. The molecule has 1 heterocycles. The number of carbonyl (C=O) groups excluding carboxylic acids is 1. The van der Waals surface area contributed by atoms with Gasteiger partial charge in [0.2, 0.25) is 5.91 Å². The van der Waals surface area contributed by atoms with Crippen molar-refractivity contribution in [3.8, 4) is 11.1 Å². The number of nitrogens with zero attached hydrogens (tertiary/aromatic N) is 2. The first-order valence-electron chi connectivity index (χ1n) is 11.1. The van der Waals surface area contributed by atoms with Crippen molar-refractivity contribution in [3.05, 3.63) is 77.5 Å². The number of amides is 1. The molecule has 11 heteroatoms. The maximum Gasteiger partial charge on any atom is 0.327 e. The summed E-state index contributed by atoms with van der Waals surface area (Å²) in [7, 11) is 0. The summed E-state index contributed by atoms with van der Waals surface area (Å²) in [4.78, 5) is 28.9. The number of rotatable bonds is 13. The first-order chi connectivity index (χ1) is 17.3. The number of carboxylic acid groups (broad SMARTS) is 1. The van der Waals surface area contributed by atoms with E-state index >= 15 is 0 Å². The van der Waals surface area contributed by atoms with Crippen molar-refractivity contribution in [2.24, 2.45) is 0 Å². The summed E-state index contributed by atoms with van der Waals surface area (Å²) < 4.78 is 24.0. The van der Waals surface area contributed by atoms with Gasteiger partial charge < -0.3 is 10.4 Å². The Bertz CT molecular complexity index is 1160. The minimum Gasteiger partial charge on any atom is -0.480 e. The van der Waals surface area contributed by atoms with Gasteiger partial charge in [0.25, 0.3) is 11.3 Å². The molecule has 0 spiro atoms. The fourth-order valence-electron chi connectivity index (χ4n) is 3.49. The van der Waals surface area contributed by atoms with E-state index in [-0.39, 0.29) is 18.1 Å². The highest BCUT2D eigenvalue weighted by molar-refractivity contribution is 9.10. The molecule has 0 aliphatic heterocycles. The monoisotopic (exact) mass is 591 g/mol. The van der Waals surface area contributed by atoms with Gasteiger partial charge in [0.15, 0.2) is 0 Å². The van der Waals surface area contributed by atoms with Crippen LogP contribution in [0.15, 0.2) is 82.4 Å². The molecular weight excluding hydrogens is 566 g/mol. The van der Waals surface area contributed by atoms with Crippen LogP contribution < -0.4 is 9.62 Å². The number of anilines is 1. The van der Waals surface area contributed by atoms with E-state index in [9.17, 15) is 23.5 Å². The lowest BCUT2D eigenvalue weighted by Crippen LogP contribution is -2.42. The zero-order valence-electron chi connectivity index (χ0n) is 19.2. The van der Waals surface area contributed by atoms with Gasteiger partial charge in [0.05, 0.1) is 11.4 Å². The molecule has 1 amide bonds. The molecule has 1 aromatic heterocycles. The molecule has 3 aromatic rings. The van der Waals surface area contributed by atoms with Crippen LogP contribution in [0.5, 0.6) is 0 Å². The van der Waals surface area contributed by atoms with Crippen LogP contribution in [0.4, 0.5) is 5.69 Å². The average Bonchev–Trinajstić information content (AvgIpc) is 2.87. The molecule has 0 aliphatic rings. The molecule has 0 bridgehead atoms. The van der Waals surface area contributed by atoms with Crippen molar-refractivity contribution in [1.29, 1.82) is 0 Å². The Morgan fingerprint density at radius 3 is 2.19 bits per heavy atom. The standard InChI is InChI=1S/C25H26BrN3O5S2/c26-20-8-4-18(5-9-20)19-6-10-21(11-7-19)29(36(33)34)23(25(31)32)3-1-2-14-28-24(30)17-35-22-12-15-27-16-13-22/h4-13,15-16,23H,1-3,14,17H2,(H,28,30)(H,31,32)(H,33,34). The molecule has 0 saturated heterocycles. The van der Waals surface area contributed by atoms with E-state index in [0.717, 1.165) is 24.8 Å². The van der Waals surface area contributed by atoms with Gasteiger partial charge in [0, 0.05) is 28.3 Å². The summed E-state index contributed by atoms with van der Waals surface area (Å²) in [6, 6.07) is 17.0. The molecule has 3 N–H and O–H groups in total. The number of hydrogen-bond acceptors (Lipinski definition) is 5. The molecule has 0 fully saturated rings. The largest absolute Gasteiger partial charge is 0.480 e. The number of carboxylic acids is 1. The number of thioether (sulfide) groups is 1. The van der Waals surface area contributed by atoms with Crippen LogP contribution >= 0.6 is 27.7 Å². The Labute approximate surface area is 225 Å². The van der Waals surface area contributed by atoms with Gasteiger partial charge in [-0.1, -0.05) is 40.2 Å². The highest BCUT2D eigenvalue weighted by atomic mass is 79.9. The number of nitrogens with one attached hydrogen (secondary N) is 1. The second kappa shape index (κ2) is 14.1. The molecular formula is C25H26BrN3O5S2. The second-order valence-corrected chi connectivity index (χ2v) is 10.6. The van der Waals surface area contributed by atoms with Crippen molar-refractivity contribution in [2.75, 3.05) is 16.6 Å². The van der Waals surface area contributed by atoms with E-state index in [2.05, 4.69) is 26.2 Å². The number of aromatic nitrogens is 1. The third kappa shape index (κ3) is 8.44. The molecule has 3 rings (SSSR count). The van der Waals surface area contributed by atoms with E-state index in [1.807, 2.05) is 36.4 Å². The van der Waals surface area contributed by atoms with Gasteiger partial charge in [-0.25, -0.2) is 9.00 Å². The molecule has 2 unspecified atom stereocenters. The van der Waals surface area contributed by atoms with Crippen molar-refractivity contribution in [2.45, 2.75) is 30.2 Å². The quantitative estimate of drug-likeness (QED) is 0.145. The normalized spacial score (nSPS) is 12.5. The lowest BCUT2D eigenvalue weighted by Gasteiger charge is -2.27. The van der Waals surface area contributed by atoms with Crippen LogP contribution in [-0.2, 0) is 20.9 Å². The molecule has 0 saturated carbocycles. The Kier molecular flexibility index (Phi) is 10.9. The number of halogens is 1. The molecule has 0 radical (unpaired) electrons. The lowest BCUT2D eigenvalue weighted by atomic mass is 10.0. The number of pyridine rings is 1. The van der Waals surface area contributed by atoms with Crippen LogP contribution in [0.2, 0.25) is 0 Å². The van der Waals surface area contributed by atoms with Crippen molar-refractivity contribution in [1.82, 2.24) is 10.3 Å². The lowest BCUT2D eigenvalue weighted by molar-refractivity contribution is -0.138. The third-order valence-electron chi connectivity index (χ3n) is 5.28. The minimum absolute atomic E-state index is 0.115. The average molecular weight is 593 g/mol. The highest BCUT2D eigenvalue weighted by Crippen LogP contribution is 2.27. The van der Waals surface area contributed by atoms with E-state index in [4.69, 9.17) is 0 Å². The number of hydrogen-bond donors (Lipinski definition) is 3. The van der Waals surface area contributed by atoms with Crippen LogP contribution in [0.25, 0.3) is 11.1 Å². The van der Waals surface area contributed by atoms with E-state index < -0.39 is 23.3 Å². The predicted molar refractivity (Wildman–Crippen MR) is 146 cm³/mol. The smallest absolute Gasteiger partial charge is 0.327 e. The van der Waals surface area contributed by atoms with Crippen LogP contribution in [0.3, 0.4) is 0 Å². The summed E-state index contributed by atoms with van der Waals surface area (Å²) in [5.41, 5.74) is 2.21. The maximum absolute atomic E-state index is 12.1. The van der Waals surface area contributed by atoms with Gasteiger partial charge in [0.1, 0.15) is 6.04 Å². The molecule has 8 nitrogen and oxygen atoms in total. The molecule has 2 aromatic carbocycles. The molecule has 36 heavy (non-hydrogen) atoms. The van der Waals surface area contributed by atoms with Gasteiger partial charge in [-0.15, -0.1) is 11.8 Å². The van der Waals surface area contributed by atoms with E-state index in [0.29, 0.717) is 25.1 Å². The van der Waals surface area contributed by atoms with E-state index in [1.165, 1.54) is 11.8 Å². The molecule has 2 atom stereocenters. The summed E-state index contributed by atoms with van der Waals surface area (Å²) in [5, 5.41) is 12.6.